The third kappa shape index (κ3) is 3.56. The lowest BCUT2D eigenvalue weighted by Crippen LogP contribution is -2.14. The molecule has 0 aliphatic heterocycles. The van der Waals surface area contributed by atoms with Gasteiger partial charge in [-0.25, -0.2) is 0 Å². The minimum absolute atomic E-state index is 0.170. The molecule has 0 atom stereocenters. The molecular formula is C13H15F3N4S. The molecule has 2 rings (SSSR count). The van der Waals surface area contributed by atoms with Crippen molar-refractivity contribution in [1.82, 2.24) is 20.1 Å². The first-order valence-corrected chi connectivity index (χ1v) is 7.03. The topological polar surface area (TPSA) is 42.7 Å². The molecular weight excluding hydrogens is 301 g/mol. The maximum Gasteiger partial charge on any atom is 0.416 e. The number of aryl methyl sites for hydroxylation is 1. The van der Waals surface area contributed by atoms with E-state index in [0.29, 0.717) is 15.9 Å². The number of nitrogens with zero attached hydrogens (tertiary/aromatic N) is 3. The van der Waals surface area contributed by atoms with E-state index in [1.807, 2.05) is 0 Å². The van der Waals surface area contributed by atoms with Crippen LogP contribution in [0.4, 0.5) is 13.2 Å². The highest BCUT2D eigenvalue weighted by atomic mass is 32.2. The molecule has 0 bridgehead atoms. The summed E-state index contributed by atoms with van der Waals surface area (Å²) >= 11 is 1.16. The average Bonchev–Trinajstić information content (AvgIpc) is 2.71. The van der Waals surface area contributed by atoms with Crippen molar-refractivity contribution in [2.75, 3.05) is 7.05 Å². The van der Waals surface area contributed by atoms with Crippen LogP contribution in [0.1, 0.15) is 17.0 Å². The molecule has 0 spiro atoms. The highest BCUT2D eigenvalue weighted by molar-refractivity contribution is 7.99. The van der Waals surface area contributed by atoms with E-state index in [1.54, 1.807) is 31.7 Å². The van der Waals surface area contributed by atoms with E-state index in [-0.39, 0.29) is 12.1 Å². The zero-order valence-electron chi connectivity index (χ0n) is 11.8. The molecule has 4 nitrogen and oxygen atoms in total. The smallest absolute Gasteiger partial charge is 0.316 e. The monoisotopic (exact) mass is 316 g/mol. The highest BCUT2D eigenvalue weighted by Crippen LogP contribution is 2.36. The van der Waals surface area contributed by atoms with Crippen LogP contribution < -0.4 is 5.32 Å². The molecule has 1 heterocycles. The summed E-state index contributed by atoms with van der Waals surface area (Å²) in [5.41, 5.74) is -0.399. The van der Waals surface area contributed by atoms with Gasteiger partial charge in [-0.2, -0.15) is 13.2 Å². The number of hydrogen-bond donors (Lipinski definition) is 1. The first-order valence-electron chi connectivity index (χ1n) is 6.21. The summed E-state index contributed by atoms with van der Waals surface area (Å²) in [4.78, 5) is 0.484. The minimum atomic E-state index is -4.38. The van der Waals surface area contributed by atoms with Gasteiger partial charge < -0.3 is 9.88 Å². The van der Waals surface area contributed by atoms with Gasteiger partial charge in [0, 0.05) is 18.5 Å². The van der Waals surface area contributed by atoms with Crippen molar-refractivity contribution in [3.63, 3.8) is 0 Å². The number of alkyl halides is 3. The molecule has 0 aliphatic carbocycles. The van der Waals surface area contributed by atoms with Gasteiger partial charge in [-0.05, 0) is 43.4 Å². The third-order valence-corrected chi connectivity index (χ3v) is 4.04. The van der Waals surface area contributed by atoms with Crippen LogP contribution in [0.5, 0.6) is 0 Å². The zero-order valence-corrected chi connectivity index (χ0v) is 12.6. The maximum absolute atomic E-state index is 13.1. The van der Waals surface area contributed by atoms with Crippen LogP contribution in [0.25, 0.3) is 0 Å². The molecule has 0 saturated heterocycles. The Balaban J connectivity index is 2.35. The quantitative estimate of drug-likeness (QED) is 0.941. The van der Waals surface area contributed by atoms with E-state index < -0.39 is 11.7 Å². The summed E-state index contributed by atoms with van der Waals surface area (Å²) < 4.78 is 41.0. The Morgan fingerprint density at radius 1 is 1.29 bits per heavy atom. The van der Waals surface area contributed by atoms with E-state index in [4.69, 9.17) is 0 Å². The maximum atomic E-state index is 13.1. The van der Waals surface area contributed by atoms with Crippen LogP contribution in [0.15, 0.2) is 28.3 Å². The van der Waals surface area contributed by atoms with Gasteiger partial charge >= 0.3 is 6.18 Å². The van der Waals surface area contributed by atoms with Crippen molar-refractivity contribution >= 4 is 11.8 Å². The molecule has 0 unspecified atom stereocenters. The summed E-state index contributed by atoms with van der Waals surface area (Å²) in [6.07, 6.45) is -4.38. The van der Waals surface area contributed by atoms with Crippen LogP contribution >= 0.6 is 11.8 Å². The largest absolute Gasteiger partial charge is 0.416 e. The van der Waals surface area contributed by atoms with Gasteiger partial charge in [-0.15, -0.1) is 10.2 Å². The number of hydrogen-bond acceptors (Lipinski definition) is 4. The molecule has 8 heteroatoms. The predicted octanol–water partition coefficient (Wildman–Crippen LogP) is 3.01. The number of nitrogens with one attached hydrogen (secondary N) is 1. The molecule has 0 radical (unpaired) electrons. The fourth-order valence-electron chi connectivity index (χ4n) is 1.81. The van der Waals surface area contributed by atoms with E-state index in [1.165, 1.54) is 6.07 Å². The van der Waals surface area contributed by atoms with Crippen molar-refractivity contribution in [1.29, 1.82) is 0 Å². The second-order valence-electron chi connectivity index (χ2n) is 4.54. The van der Waals surface area contributed by atoms with Crippen molar-refractivity contribution in [3.8, 4) is 0 Å². The van der Waals surface area contributed by atoms with Crippen molar-refractivity contribution in [2.24, 2.45) is 7.05 Å². The zero-order chi connectivity index (χ0) is 15.6. The molecule has 21 heavy (non-hydrogen) atoms. The van der Waals surface area contributed by atoms with Gasteiger partial charge in [0.25, 0.3) is 0 Å². The Hall–Kier alpha value is -1.54. The molecule has 1 aromatic carbocycles. The Morgan fingerprint density at radius 2 is 2.00 bits per heavy atom. The molecule has 114 valence electrons. The van der Waals surface area contributed by atoms with Gasteiger partial charge in [0.2, 0.25) is 0 Å². The van der Waals surface area contributed by atoms with E-state index >= 15 is 0 Å². The number of halogens is 3. The van der Waals surface area contributed by atoms with Crippen LogP contribution in [0.3, 0.4) is 0 Å². The van der Waals surface area contributed by atoms with Crippen molar-refractivity contribution < 1.29 is 13.2 Å². The van der Waals surface area contributed by atoms with Crippen LogP contribution in [-0.2, 0) is 19.8 Å². The van der Waals surface area contributed by atoms with Crippen LogP contribution in [-0.4, -0.2) is 21.8 Å². The van der Waals surface area contributed by atoms with E-state index in [9.17, 15) is 13.2 Å². The van der Waals surface area contributed by atoms with Crippen LogP contribution in [0, 0.1) is 6.92 Å². The normalized spacial score (nSPS) is 11.9. The molecule has 0 aliphatic rings. The Morgan fingerprint density at radius 3 is 2.52 bits per heavy atom. The van der Waals surface area contributed by atoms with Gasteiger partial charge in [-0.3, -0.25) is 0 Å². The average molecular weight is 316 g/mol. The fraction of sp³-hybridized carbons (Fsp3) is 0.385. The summed E-state index contributed by atoms with van der Waals surface area (Å²) in [6.45, 7) is 1.96. The molecule has 1 aromatic heterocycles. The molecule has 0 saturated carbocycles. The van der Waals surface area contributed by atoms with Crippen LogP contribution in [0.2, 0.25) is 0 Å². The van der Waals surface area contributed by atoms with Crippen molar-refractivity contribution in [3.05, 3.63) is 35.2 Å². The minimum Gasteiger partial charge on any atom is -0.316 e. The second-order valence-corrected chi connectivity index (χ2v) is 5.58. The Kier molecular flexibility index (Phi) is 4.58. The summed E-state index contributed by atoms with van der Waals surface area (Å²) in [7, 11) is 3.39. The van der Waals surface area contributed by atoms with Gasteiger partial charge in [0.1, 0.15) is 5.82 Å². The lowest BCUT2D eigenvalue weighted by Gasteiger charge is -2.14. The van der Waals surface area contributed by atoms with Gasteiger partial charge in [0.15, 0.2) is 5.16 Å². The molecule has 0 amide bonds. The Bertz CT molecular complexity index is 637. The highest BCUT2D eigenvalue weighted by Gasteiger charge is 2.33. The third-order valence-electron chi connectivity index (χ3n) is 3.02. The Labute approximate surface area is 124 Å². The van der Waals surface area contributed by atoms with E-state index in [2.05, 4.69) is 15.5 Å². The first kappa shape index (κ1) is 15.8. The van der Waals surface area contributed by atoms with Crippen molar-refractivity contribution in [2.45, 2.75) is 29.7 Å². The lowest BCUT2D eigenvalue weighted by atomic mass is 10.1. The predicted molar refractivity (Wildman–Crippen MR) is 74.1 cm³/mol. The summed E-state index contributed by atoms with van der Waals surface area (Å²) in [6, 6.07) is 4.31. The standard InChI is InChI=1S/C13H15F3N4S/c1-8-18-19-12(20(8)3)21-10-5-4-9(7-17-2)11(6-10)13(14,15)16/h4-6,17H,7H2,1-3H3. The molecule has 1 N–H and O–H groups in total. The van der Waals surface area contributed by atoms with Gasteiger partial charge in [-0.1, -0.05) is 6.07 Å². The molecule has 2 aromatic rings. The summed E-state index contributed by atoms with van der Waals surface area (Å²) in [5, 5.41) is 11.1. The fourth-order valence-corrected chi connectivity index (χ4v) is 2.68. The number of rotatable bonds is 4. The van der Waals surface area contributed by atoms with E-state index in [0.717, 1.165) is 17.8 Å². The van der Waals surface area contributed by atoms with Gasteiger partial charge in [0.05, 0.1) is 5.56 Å². The second kappa shape index (κ2) is 6.07. The number of benzene rings is 1. The lowest BCUT2D eigenvalue weighted by molar-refractivity contribution is -0.138. The number of aromatic nitrogens is 3. The molecule has 0 fully saturated rings. The SMILES string of the molecule is CNCc1ccc(Sc2nnc(C)n2C)cc1C(F)(F)F. The summed E-state index contributed by atoms with van der Waals surface area (Å²) in [5.74, 6) is 0.709. The first-order chi connectivity index (χ1) is 9.82.